The van der Waals surface area contributed by atoms with E-state index in [9.17, 15) is 4.79 Å². The van der Waals surface area contributed by atoms with Crippen LogP contribution in [0.15, 0.2) is 36.5 Å². The van der Waals surface area contributed by atoms with Crippen LogP contribution >= 0.6 is 23.2 Å². The predicted octanol–water partition coefficient (Wildman–Crippen LogP) is 3.78. The van der Waals surface area contributed by atoms with Crippen molar-refractivity contribution in [1.29, 1.82) is 0 Å². The third kappa shape index (κ3) is 4.42. The molecule has 132 valence electrons. The molecule has 1 N–H and O–H groups in total. The maximum absolute atomic E-state index is 12.3. The molecule has 3 rings (SSSR count). The summed E-state index contributed by atoms with van der Waals surface area (Å²) in [5, 5.41) is 3.65. The van der Waals surface area contributed by atoms with Gasteiger partial charge in [-0.1, -0.05) is 30.1 Å². The monoisotopic (exact) mass is 378 g/mol. The Morgan fingerprint density at radius 1 is 1.12 bits per heavy atom. The molecule has 1 saturated heterocycles. The highest BCUT2D eigenvalue weighted by Gasteiger charge is 2.17. The first-order valence-corrected chi connectivity index (χ1v) is 9.02. The van der Waals surface area contributed by atoms with Gasteiger partial charge in [0.25, 0.3) is 5.91 Å². The normalized spacial score (nSPS) is 15.2. The van der Waals surface area contributed by atoms with Gasteiger partial charge in [0.05, 0.1) is 15.6 Å². The molecule has 25 heavy (non-hydrogen) atoms. The Kier molecular flexibility index (Phi) is 5.78. The molecule has 5 nitrogen and oxygen atoms in total. The molecule has 0 radical (unpaired) electrons. The van der Waals surface area contributed by atoms with Crippen LogP contribution < -0.4 is 10.2 Å². The molecule has 0 spiro atoms. The molecule has 2 aromatic rings. The van der Waals surface area contributed by atoms with Crippen LogP contribution in [0, 0.1) is 0 Å². The molecule has 1 aromatic heterocycles. The number of nitrogens with one attached hydrogen (secondary N) is 1. The number of amides is 1. The van der Waals surface area contributed by atoms with Crippen molar-refractivity contribution in [1.82, 2.24) is 9.88 Å². The molecule has 1 aliphatic rings. The number of pyridine rings is 1. The molecule has 1 amide bonds. The van der Waals surface area contributed by atoms with E-state index in [1.165, 1.54) is 0 Å². The summed E-state index contributed by atoms with van der Waals surface area (Å²) in [4.78, 5) is 21.4. The summed E-state index contributed by atoms with van der Waals surface area (Å²) in [6.07, 6.45) is 1.61. The summed E-state index contributed by atoms with van der Waals surface area (Å²) in [7, 11) is 0. The zero-order chi connectivity index (χ0) is 17.8. The molecule has 2 heterocycles. The Labute approximate surface area is 157 Å². The first-order valence-electron chi connectivity index (χ1n) is 8.26. The molecule has 0 aliphatic carbocycles. The van der Waals surface area contributed by atoms with E-state index in [1.54, 1.807) is 30.5 Å². The van der Waals surface area contributed by atoms with Crippen molar-refractivity contribution in [2.45, 2.75) is 6.92 Å². The molecule has 0 saturated carbocycles. The number of aromatic nitrogens is 1. The minimum absolute atomic E-state index is 0.228. The van der Waals surface area contributed by atoms with Crippen molar-refractivity contribution in [3.8, 4) is 0 Å². The second-order valence-corrected chi connectivity index (χ2v) is 6.72. The largest absolute Gasteiger partial charge is 0.354 e. The van der Waals surface area contributed by atoms with E-state index in [0.29, 0.717) is 21.3 Å². The fourth-order valence-electron chi connectivity index (χ4n) is 2.78. The number of carbonyl (C=O) groups is 1. The molecule has 0 bridgehead atoms. The number of piperazine rings is 1. The zero-order valence-electron chi connectivity index (χ0n) is 14.0. The molecule has 1 aromatic carbocycles. The van der Waals surface area contributed by atoms with Gasteiger partial charge in [0.15, 0.2) is 0 Å². The van der Waals surface area contributed by atoms with Crippen LogP contribution in [-0.2, 0) is 0 Å². The fourth-order valence-corrected chi connectivity index (χ4v) is 3.08. The van der Waals surface area contributed by atoms with Crippen molar-refractivity contribution in [3.63, 3.8) is 0 Å². The average Bonchev–Trinajstić information content (AvgIpc) is 2.65. The minimum atomic E-state index is -0.228. The summed E-state index contributed by atoms with van der Waals surface area (Å²) < 4.78 is 0. The number of hydrogen-bond acceptors (Lipinski definition) is 4. The minimum Gasteiger partial charge on any atom is -0.354 e. The smallest absolute Gasteiger partial charge is 0.257 e. The Balaban J connectivity index is 1.63. The fraction of sp³-hybridized carbons (Fsp3) is 0.333. The van der Waals surface area contributed by atoms with Gasteiger partial charge in [-0.05, 0) is 36.9 Å². The van der Waals surface area contributed by atoms with Gasteiger partial charge in [0.1, 0.15) is 5.82 Å². The number of anilines is 2. The molecular formula is C18H20Cl2N4O. The molecule has 1 aliphatic heterocycles. The summed E-state index contributed by atoms with van der Waals surface area (Å²) >= 11 is 11.8. The van der Waals surface area contributed by atoms with Crippen molar-refractivity contribution >= 4 is 40.6 Å². The van der Waals surface area contributed by atoms with E-state index in [1.807, 2.05) is 6.07 Å². The lowest BCUT2D eigenvalue weighted by molar-refractivity contribution is 0.102. The zero-order valence-corrected chi connectivity index (χ0v) is 15.5. The van der Waals surface area contributed by atoms with Gasteiger partial charge in [0.2, 0.25) is 0 Å². The number of carbonyl (C=O) groups excluding carboxylic acids is 1. The molecule has 0 atom stereocenters. The third-order valence-corrected chi connectivity index (χ3v) is 5.07. The molecule has 0 unspecified atom stereocenters. The van der Waals surface area contributed by atoms with E-state index >= 15 is 0 Å². The SMILES string of the molecule is CCN1CCN(c2ccc(C(=O)Nc3ccc(Cl)c(Cl)c3)cn2)CC1. The van der Waals surface area contributed by atoms with Gasteiger partial charge in [0, 0.05) is 38.1 Å². The standard InChI is InChI=1S/C18H20Cl2N4O/c1-2-23-7-9-24(10-8-23)17-6-3-13(12-21-17)18(25)22-14-4-5-15(19)16(20)11-14/h3-6,11-12H,2,7-10H2,1H3,(H,22,25). The van der Waals surface area contributed by atoms with E-state index in [-0.39, 0.29) is 5.91 Å². The number of nitrogens with zero attached hydrogens (tertiary/aromatic N) is 3. The van der Waals surface area contributed by atoms with Crippen LogP contribution in [0.4, 0.5) is 11.5 Å². The Hall–Kier alpha value is -1.82. The Morgan fingerprint density at radius 2 is 1.88 bits per heavy atom. The third-order valence-electron chi connectivity index (χ3n) is 4.33. The molecule has 1 fully saturated rings. The maximum atomic E-state index is 12.3. The first-order chi connectivity index (χ1) is 12.1. The lowest BCUT2D eigenvalue weighted by Gasteiger charge is -2.34. The predicted molar refractivity (Wildman–Crippen MR) is 103 cm³/mol. The number of hydrogen-bond donors (Lipinski definition) is 1. The van der Waals surface area contributed by atoms with Crippen molar-refractivity contribution in [2.75, 3.05) is 42.9 Å². The van der Waals surface area contributed by atoms with Gasteiger partial charge in [-0.25, -0.2) is 4.98 Å². The Morgan fingerprint density at radius 3 is 2.48 bits per heavy atom. The van der Waals surface area contributed by atoms with Gasteiger partial charge >= 0.3 is 0 Å². The first kappa shape index (κ1) is 18.0. The van der Waals surface area contributed by atoms with E-state index in [0.717, 1.165) is 38.5 Å². The lowest BCUT2D eigenvalue weighted by Crippen LogP contribution is -2.46. The number of rotatable bonds is 4. The second kappa shape index (κ2) is 8.04. The van der Waals surface area contributed by atoms with Crippen LogP contribution in [-0.4, -0.2) is 48.5 Å². The highest BCUT2D eigenvalue weighted by Crippen LogP contribution is 2.25. The lowest BCUT2D eigenvalue weighted by atomic mass is 10.2. The number of benzene rings is 1. The van der Waals surface area contributed by atoms with Crippen LogP contribution in [0.5, 0.6) is 0 Å². The van der Waals surface area contributed by atoms with Gasteiger partial charge < -0.3 is 15.1 Å². The van der Waals surface area contributed by atoms with Crippen LogP contribution in [0.1, 0.15) is 17.3 Å². The average molecular weight is 379 g/mol. The van der Waals surface area contributed by atoms with Gasteiger partial charge in [-0.15, -0.1) is 0 Å². The topological polar surface area (TPSA) is 48.5 Å². The van der Waals surface area contributed by atoms with Gasteiger partial charge in [-0.3, -0.25) is 4.79 Å². The van der Waals surface area contributed by atoms with E-state index < -0.39 is 0 Å². The van der Waals surface area contributed by atoms with Crippen molar-refractivity contribution in [2.24, 2.45) is 0 Å². The van der Waals surface area contributed by atoms with Crippen LogP contribution in [0.2, 0.25) is 10.0 Å². The quantitative estimate of drug-likeness (QED) is 0.879. The van der Waals surface area contributed by atoms with Crippen LogP contribution in [0.25, 0.3) is 0 Å². The summed E-state index contributed by atoms with van der Waals surface area (Å²) in [5.41, 5.74) is 1.10. The van der Waals surface area contributed by atoms with Crippen molar-refractivity contribution in [3.05, 3.63) is 52.1 Å². The molecule has 7 heteroatoms. The van der Waals surface area contributed by atoms with E-state index in [4.69, 9.17) is 23.2 Å². The second-order valence-electron chi connectivity index (χ2n) is 5.91. The van der Waals surface area contributed by atoms with Gasteiger partial charge in [-0.2, -0.15) is 0 Å². The summed E-state index contributed by atoms with van der Waals surface area (Å²) in [5.74, 6) is 0.676. The summed E-state index contributed by atoms with van der Waals surface area (Å²) in [6, 6.07) is 8.67. The Bertz CT molecular complexity index is 743. The van der Waals surface area contributed by atoms with Crippen LogP contribution in [0.3, 0.4) is 0 Å². The summed E-state index contributed by atoms with van der Waals surface area (Å²) in [6.45, 7) is 7.24. The highest BCUT2D eigenvalue weighted by molar-refractivity contribution is 6.42. The van der Waals surface area contributed by atoms with E-state index in [2.05, 4.69) is 27.0 Å². The molecular weight excluding hydrogens is 359 g/mol. The highest BCUT2D eigenvalue weighted by atomic mass is 35.5. The van der Waals surface area contributed by atoms with Crippen molar-refractivity contribution < 1.29 is 4.79 Å². The number of halogens is 2. The number of likely N-dealkylation sites (N-methyl/N-ethyl adjacent to an activating group) is 1. The maximum Gasteiger partial charge on any atom is 0.257 e.